The van der Waals surface area contributed by atoms with Crippen molar-refractivity contribution in [2.24, 2.45) is 0 Å². The normalized spacial score (nSPS) is 17.0. The Kier molecular flexibility index (Phi) is 5.80. The molecule has 1 aromatic heterocycles. The molecule has 2 aromatic rings. The van der Waals surface area contributed by atoms with Crippen LogP contribution < -0.4 is 10.1 Å². The molecule has 3 rings (SSSR count). The number of benzene rings is 1. The van der Waals surface area contributed by atoms with E-state index in [0.29, 0.717) is 24.9 Å². The monoisotopic (exact) mass is 421 g/mol. The second kappa shape index (κ2) is 7.96. The molecular formula is C17H16ClF4N3O3. The van der Waals surface area contributed by atoms with Gasteiger partial charge in [0.05, 0.1) is 22.4 Å². The zero-order chi connectivity index (χ0) is 20.5. The molecule has 1 aliphatic heterocycles. The fourth-order valence-corrected chi connectivity index (χ4v) is 2.95. The third-order valence-electron chi connectivity index (χ3n) is 4.09. The third kappa shape index (κ3) is 4.56. The van der Waals surface area contributed by atoms with E-state index in [4.69, 9.17) is 21.1 Å². The molecule has 11 heteroatoms. The summed E-state index contributed by atoms with van der Waals surface area (Å²) < 4.78 is 63.7. The van der Waals surface area contributed by atoms with E-state index in [-0.39, 0.29) is 18.1 Å². The van der Waals surface area contributed by atoms with Crippen molar-refractivity contribution in [3.8, 4) is 11.6 Å². The summed E-state index contributed by atoms with van der Waals surface area (Å²) in [5.74, 6) is -2.10. The van der Waals surface area contributed by atoms with E-state index in [0.717, 1.165) is 17.5 Å². The van der Waals surface area contributed by atoms with Crippen molar-refractivity contribution in [3.63, 3.8) is 0 Å². The quantitative estimate of drug-likeness (QED) is 0.736. The predicted molar refractivity (Wildman–Crippen MR) is 91.2 cm³/mol. The number of hydrogen-bond donors (Lipinski definition) is 1. The first kappa shape index (κ1) is 20.4. The smallest absolute Gasteiger partial charge is 0.416 e. The zero-order valence-electron chi connectivity index (χ0n) is 14.6. The fourth-order valence-electron chi connectivity index (χ4n) is 2.71. The van der Waals surface area contributed by atoms with Gasteiger partial charge in [0.25, 0.3) is 0 Å². The summed E-state index contributed by atoms with van der Waals surface area (Å²) in [7, 11) is 0. The highest BCUT2D eigenvalue weighted by molar-refractivity contribution is 6.32. The molecule has 28 heavy (non-hydrogen) atoms. The Bertz CT molecular complexity index is 856. The molecule has 0 saturated carbocycles. The predicted octanol–water partition coefficient (Wildman–Crippen LogP) is 4.53. The molecule has 1 saturated heterocycles. The van der Waals surface area contributed by atoms with Gasteiger partial charge in [-0.3, -0.25) is 0 Å². The molecule has 1 atom stereocenters. The van der Waals surface area contributed by atoms with Gasteiger partial charge < -0.3 is 14.8 Å². The minimum atomic E-state index is -4.75. The maximum absolute atomic E-state index is 14.0. The van der Waals surface area contributed by atoms with Crippen molar-refractivity contribution >= 4 is 17.6 Å². The molecule has 1 unspecified atom stereocenters. The van der Waals surface area contributed by atoms with Crippen LogP contribution in [-0.4, -0.2) is 35.1 Å². The zero-order valence-corrected chi connectivity index (χ0v) is 15.4. The van der Waals surface area contributed by atoms with Crippen LogP contribution in [-0.2, 0) is 10.9 Å². The van der Waals surface area contributed by atoms with E-state index < -0.39 is 34.4 Å². The second-order valence-corrected chi connectivity index (χ2v) is 6.63. The van der Waals surface area contributed by atoms with Gasteiger partial charge in [-0.1, -0.05) is 11.6 Å². The summed E-state index contributed by atoms with van der Waals surface area (Å²) in [6.07, 6.45) is -3.03. The lowest BCUT2D eigenvalue weighted by Crippen LogP contribution is -2.35. The fraction of sp³-hybridized carbons (Fsp3) is 0.412. The first-order chi connectivity index (χ1) is 13.1. The summed E-state index contributed by atoms with van der Waals surface area (Å²) in [6.45, 7) is 2.53. The lowest BCUT2D eigenvalue weighted by Gasteiger charge is -2.11. The average molecular weight is 422 g/mol. The Morgan fingerprint density at radius 3 is 2.79 bits per heavy atom. The van der Waals surface area contributed by atoms with Crippen LogP contribution in [0.5, 0.6) is 11.6 Å². The van der Waals surface area contributed by atoms with Crippen LogP contribution in [0.4, 0.5) is 22.4 Å². The van der Waals surface area contributed by atoms with Crippen LogP contribution in [0.2, 0.25) is 5.02 Å². The third-order valence-corrected chi connectivity index (χ3v) is 4.38. The maximum atomic E-state index is 14.0. The van der Waals surface area contributed by atoms with Gasteiger partial charge in [0.1, 0.15) is 0 Å². The SMILES string of the molecule is Cc1cc(Oc2c(F)cc(C(F)(F)F)cc2Cl)nn1C(=O)NCC1CCCO1. The van der Waals surface area contributed by atoms with E-state index in [2.05, 4.69) is 10.4 Å². The first-order valence-corrected chi connectivity index (χ1v) is 8.73. The highest BCUT2D eigenvalue weighted by Crippen LogP contribution is 2.38. The molecule has 1 amide bonds. The molecule has 1 aromatic carbocycles. The number of ether oxygens (including phenoxy) is 2. The summed E-state index contributed by atoms with van der Waals surface area (Å²) >= 11 is 5.73. The first-order valence-electron chi connectivity index (χ1n) is 8.35. The van der Waals surface area contributed by atoms with Crippen molar-refractivity contribution in [1.82, 2.24) is 15.1 Å². The number of rotatable bonds is 4. The van der Waals surface area contributed by atoms with Crippen LogP contribution in [0.3, 0.4) is 0 Å². The van der Waals surface area contributed by atoms with Crippen molar-refractivity contribution in [2.45, 2.75) is 32.0 Å². The number of amides is 1. The number of nitrogens with one attached hydrogen (secondary N) is 1. The van der Waals surface area contributed by atoms with Gasteiger partial charge in [0.15, 0.2) is 11.6 Å². The van der Waals surface area contributed by atoms with Crippen molar-refractivity contribution in [3.05, 3.63) is 40.3 Å². The molecular weight excluding hydrogens is 406 g/mol. The molecule has 6 nitrogen and oxygen atoms in total. The summed E-state index contributed by atoms with van der Waals surface area (Å²) in [5.41, 5.74) is -0.860. The van der Waals surface area contributed by atoms with Crippen LogP contribution in [0, 0.1) is 12.7 Å². The van der Waals surface area contributed by atoms with E-state index >= 15 is 0 Å². The minimum Gasteiger partial charge on any atom is -0.433 e. The van der Waals surface area contributed by atoms with Crippen LogP contribution >= 0.6 is 11.6 Å². The molecule has 1 N–H and O–H groups in total. The lowest BCUT2D eigenvalue weighted by molar-refractivity contribution is -0.137. The molecule has 1 aliphatic rings. The summed E-state index contributed by atoms with van der Waals surface area (Å²) in [6, 6.07) is 1.62. The highest BCUT2D eigenvalue weighted by atomic mass is 35.5. The van der Waals surface area contributed by atoms with E-state index in [9.17, 15) is 22.4 Å². The Morgan fingerprint density at radius 1 is 1.43 bits per heavy atom. The van der Waals surface area contributed by atoms with Gasteiger partial charge in [-0.2, -0.15) is 17.9 Å². The number of aromatic nitrogens is 2. The number of halogens is 5. The van der Waals surface area contributed by atoms with Gasteiger partial charge in [-0.05, 0) is 31.9 Å². The van der Waals surface area contributed by atoms with Gasteiger partial charge in [-0.15, -0.1) is 5.10 Å². The Labute approximate surface area is 162 Å². The molecule has 0 radical (unpaired) electrons. The molecule has 0 spiro atoms. The van der Waals surface area contributed by atoms with Gasteiger partial charge in [-0.25, -0.2) is 9.18 Å². The Balaban J connectivity index is 1.73. The number of hydrogen-bond acceptors (Lipinski definition) is 4. The van der Waals surface area contributed by atoms with E-state index in [1.165, 1.54) is 6.07 Å². The van der Waals surface area contributed by atoms with Crippen LogP contribution in [0.1, 0.15) is 24.1 Å². The molecule has 1 fully saturated rings. The number of nitrogens with zero attached hydrogens (tertiary/aromatic N) is 2. The summed E-state index contributed by atoms with van der Waals surface area (Å²) in [4.78, 5) is 12.2. The van der Waals surface area contributed by atoms with Gasteiger partial charge in [0, 0.05) is 19.2 Å². The standard InChI is InChI=1S/C17H16ClF4N3O3/c1-9-5-14(24-25(9)16(26)23-8-11-3-2-4-27-11)28-15-12(18)6-10(7-13(15)19)17(20,21)22/h5-7,11H,2-4,8H2,1H3,(H,23,26). The highest BCUT2D eigenvalue weighted by Gasteiger charge is 2.33. The second-order valence-electron chi connectivity index (χ2n) is 6.23. The number of aryl methyl sites for hydroxylation is 1. The van der Waals surface area contributed by atoms with Crippen molar-refractivity contribution < 1.29 is 31.8 Å². The Hall–Kier alpha value is -2.33. The lowest BCUT2D eigenvalue weighted by atomic mass is 10.2. The maximum Gasteiger partial charge on any atom is 0.416 e. The van der Waals surface area contributed by atoms with Gasteiger partial charge >= 0.3 is 12.2 Å². The van der Waals surface area contributed by atoms with Crippen molar-refractivity contribution in [1.29, 1.82) is 0 Å². The van der Waals surface area contributed by atoms with E-state index in [1.807, 2.05) is 0 Å². The van der Waals surface area contributed by atoms with Gasteiger partial charge in [0.2, 0.25) is 5.88 Å². The van der Waals surface area contributed by atoms with Crippen LogP contribution in [0.15, 0.2) is 18.2 Å². The minimum absolute atomic E-state index is 0.0596. The number of alkyl halides is 3. The van der Waals surface area contributed by atoms with Crippen molar-refractivity contribution in [2.75, 3.05) is 13.2 Å². The molecule has 0 aliphatic carbocycles. The molecule has 0 bridgehead atoms. The number of carbonyl (C=O) groups is 1. The summed E-state index contributed by atoms with van der Waals surface area (Å²) in [5, 5.41) is 5.99. The number of carbonyl (C=O) groups excluding carboxylic acids is 1. The van der Waals surface area contributed by atoms with E-state index in [1.54, 1.807) is 6.92 Å². The topological polar surface area (TPSA) is 65.4 Å². The molecule has 2 heterocycles. The van der Waals surface area contributed by atoms with Crippen LogP contribution in [0.25, 0.3) is 0 Å². The molecule has 152 valence electrons. The average Bonchev–Trinajstić information content (AvgIpc) is 3.24. The Morgan fingerprint density at radius 2 is 2.18 bits per heavy atom. The largest absolute Gasteiger partial charge is 0.433 e.